The highest BCUT2D eigenvalue weighted by atomic mass is 16.7. The Morgan fingerprint density at radius 3 is 2.42 bits per heavy atom. The Kier molecular flexibility index (Phi) is 2.82. The average Bonchev–Trinajstić information content (AvgIpc) is 2.78. The Hall–Kier alpha value is -0.835. The van der Waals surface area contributed by atoms with Crippen LogP contribution in [0.2, 0.25) is 0 Å². The highest BCUT2D eigenvalue weighted by Crippen LogP contribution is 2.36. The van der Waals surface area contributed by atoms with Gasteiger partial charge >= 0.3 is 7.12 Å². The van der Waals surface area contributed by atoms with Crippen LogP contribution in [0.4, 0.5) is 0 Å². The molecular formula is C15H22BNO2. The fourth-order valence-corrected chi connectivity index (χ4v) is 2.70. The maximum Gasteiger partial charge on any atom is 0.494 e. The SMILES string of the molecule is C[C@@H]1NCc2cc(B3OC(C)(C)C(C)(C)O3)ccc21. The largest absolute Gasteiger partial charge is 0.494 e. The molecule has 0 aliphatic carbocycles. The van der Waals surface area contributed by atoms with Crippen molar-refractivity contribution in [3.63, 3.8) is 0 Å². The number of benzene rings is 1. The van der Waals surface area contributed by atoms with E-state index in [0.29, 0.717) is 6.04 Å². The first-order valence-electron chi connectivity index (χ1n) is 7.02. The summed E-state index contributed by atoms with van der Waals surface area (Å²) < 4.78 is 12.2. The second-order valence-corrected chi connectivity index (χ2v) is 6.65. The van der Waals surface area contributed by atoms with Crippen molar-refractivity contribution in [1.82, 2.24) is 5.32 Å². The molecule has 0 saturated carbocycles. The van der Waals surface area contributed by atoms with Gasteiger partial charge in [0.1, 0.15) is 0 Å². The third-order valence-corrected chi connectivity index (χ3v) is 4.76. The van der Waals surface area contributed by atoms with Crippen LogP contribution < -0.4 is 10.8 Å². The normalized spacial score (nSPS) is 27.6. The van der Waals surface area contributed by atoms with Crippen molar-refractivity contribution in [2.45, 2.75) is 58.4 Å². The number of hydrogen-bond acceptors (Lipinski definition) is 3. The van der Waals surface area contributed by atoms with E-state index in [1.807, 2.05) is 0 Å². The summed E-state index contributed by atoms with van der Waals surface area (Å²) in [5, 5.41) is 3.45. The number of nitrogens with one attached hydrogen (secondary N) is 1. The molecule has 1 aromatic rings. The Balaban J connectivity index is 1.89. The van der Waals surface area contributed by atoms with Gasteiger partial charge in [0.25, 0.3) is 0 Å². The van der Waals surface area contributed by atoms with Gasteiger partial charge in [-0.05, 0) is 51.2 Å². The lowest BCUT2D eigenvalue weighted by molar-refractivity contribution is 0.00578. The summed E-state index contributed by atoms with van der Waals surface area (Å²) in [5.41, 5.74) is 3.32. The second-order valence-electron chi connectivity index (χ2n) is 6.65. The molecule has 4 heteroatoms. The standard InChI is InChI=1S/C15H22BNO2/c1-10-13-7-6-12(8-11(13)9-17-10)16-18-14(2,3)15(4,5)19-16/h6-8,10,17H,9H2,1-5H3/t10-/m0/s1. The van der Waals surface area contributed by atoms with E-state index < -0.39 is 0 Å². The quantitative estimate of drug-likeness (QED) is 0.784. The third-order valence-electron chi connectivity index (χ3n) is 4.76. The van der Waals surface area contributed by atoms with E-state index in [1.54, 1.807) is 0 Å². The van der Waals surface area contributed by atoms with E-state index in [2.05, 4.69) is 58.1 Å². The summed E-state index contributed by atoms with van der Waals surface area (Å²) in [4.78, 5) is 0. The van der Waals surface area contributed by atoms with Crippen molar-refractivity contribution in [3.05, 3.63) is 29.3 Å². The molecule has 2 aliphatic rings. The molecule has 1 aromatic carbocycles. The summed E-state index contributed by atoms with van der Waals surface area (Å²) in [6.07, 6.45) is 0. The average molecular weight is 259 g/mol. The van der Waals surface area contributed by atoms with Crippen LogP contribution in [0.1, 0.15) is 51.8 Å². The molecule has 0 radical (unpaired) electrons. The Bertz CT molecular complexity index is 497. The molecule has 2 aliphatic heterocycles. The fraction of sp³-hybridized carbons (Fsp3) is 0.600. The monoisotopic (exact) mass is 259 g/mol. The van der Waals surface area contributed by atoms with E-state index in [0.717, 1.165) is 12.0 Å². The minimum atomic E-state index is -0.276. The van der Waals surface area contributed by atoms with Gasteiger partial charge in [0.05, 0.1) is 11.2 Å². The maximum atomic E-state index is 6.09. The minimum Gasteiger partial charge on any atom is -0.399 e. The van der Waals surface area contributed by atoms with Gasteiger partial charge in [0.15, 0.2) is 0 Å². The first kappa shape index (κ1) is 13.2. The molecular weight excluding hydrogens is 237 g/mol. The van der Waals surface area contributed by atoms with Gasteiger partial charge in [0, 0.05) is 12.6 Å². The van der Waals surface area contributed by atoms with E-state index in [-0.39, 0.29) is 18.3 Å². The molecule has 0 aromatic heterocycles. The Labute approximate surface area is 115 Å². The van der Waals surface area contributed by atoms with Crippen LogP contribution in [0.5, 0.6) is 0 Å². The van der Waals surface area contributed by atoms with Crippen molar-refractivity contribution in [1.29, 1.82) is 0 Å². The number of rotatable bonds is 1. The summed E-state index contributed by atoms with van der Waals surface area (Å²) in [7, 11) is -0.258. The van der Waals surface area contributed by atoms with Gasteiger partial charge < -0.3 is 14.6 Å². The highest BCUT2D eigenvalue weighted by molar-refractivity contribution is 6.62. The van der Waals surface area contributed by atoms with E-state index in [1.165, 1.54) is 11.1 Å². The van der Waals surface area contributed by atoms with Crippen LogP contribution in [-0.2, 0) is 15.9 Å². The van der Waals surface area contributed by atoms with Crippen LogP contribution in [0.3, 0.4) is 0 Å². The number of hydrogen-bond donors (Lipinski definition) is 1. The summed E-state index contributed by atoms with van der Waals surface area (Å²) in [6, 6.07) is 6.99. The van der Waals surface area contributed by atoms with Crippen molar-refractivity contribution >= 4 is 12.6 Å². The lowest BCUT2D eigenvalue weighted by Crippen LogP contribution is -2.41. The zero-order chi connectivity index (χ0) is 13.8. The first-order valence-corrected chi connectivity index (χ1v) is 7.02. The minimum absolute atomic E-state index is 0.258. The molecule has 0 spiro atoms. The van der Waals surface area contributed by atoms with Crippen LogP contribution >= 0.6 is 0 Å². The summed E-state index contributed by atoms with van der Waals surface area (Å²) >= 11 is 0. The molecule has 2 heterocycles. The predicted octanol–water partition coefficient (Wildman–Crippen LogP) is 2.15. The van der Waals surface area contributed by atoms with Crippen LogP contribution in [0, 0.1) is 0 Å². The summed E-state index contributed by atoms with van der Waals surface area (Å²) in [6.45, 7) is 11.5. The van der Waals surface area contributed by atoms with Gasteiger partial charge in [-0.15, -0.1) is 0 Å². The molecule has 1 fully saturated rings. The van der Waals surface area contributed by atoms with Crippen molar-refractivity contribution in [3.8, 4) is 0 Å². The zero-order valence-corrected chi connectivity index (χ0v) is 12.4. The van der Waals surface area contributed by atoms with Gasteiger partial charge in [-0.1, -0.05) is 18.2 Å². The lowest BCUT2D eigenvalue weighted by Gasteiger charge is -2.32. The van der Waals surface area contributed by atoms with Crippen LogP contribution in [0.15, 0.2) is 18.2 Å². The Morgan fingerprint density at radius 1 is 1.16 bits per heavy atom. The van der Waals surface area contributed by atoms with E-state index in [4.69, 9.17) is 9.31 Å². The van der Waals surface area contributed by atoms with E-state index in [9.17, 15) is 0 Å². The first-order chi connectivity index (χ1) is 8.80. The maximum absolute atomic E-state index is 6.09. The molecule has 1 atom stereocenters. The smallest absolute Gasteiger partial charge is 0.399 e. The molecule has 0 bridgehead atoms. The fourth-order valence-electron chi connectivity index (χ4n) is 2.70. The zero-order valence-electron chi connectivity index (χ0n) is 12.4. The van der Waals surface area contributed by atoms with Gasteiger partial charge in [-0.3, -0.25) is 0 Å². The lowest BCUT2D eigenvalue weighted by atomic mass is 9.77. The predicted molar refractivity (Wildman–Crippen MR) is 77.4 cm³/mol. The second kappa shape index (κ2) is 4.08. The Morgan fingerprint density at radius 2 is 1.79 bits per heavy atom. The van der Waals surface area contributed by atoms with Crippen molar-refractivity contribution < 1.29 is 9.31 Å². The number of fused-ring (bicyclic) bond motifs is 1. The molecule has 0 unspecified atom stereocenters. The molecule has 1 N–H and O–H groups in total. The van der Waals surface area contributed by atoms with Gasteiger partial charge in [-0.2, -0.15) is 0 Å². The molecule has 1 saturated heterocycles. The molecule has 3 nitrogen and oxygen atoms in total. The molecule has 19 heavy (non-hydrogen) atoms. The van der Waals surface area contributed by atoms with E-state index >= 15 is 0 Å². The highest BCUT2D eigenvalue weighted by Gasteiger charge is 2.51. The van der Waals surface area contributed by atoms with Crippen molar-refractivity contribution in [2.24, 2.45) is 0 Å². The van der Waals surface area contributed by atoms with Crippen LogP contribution in [-0.4, -0.2) is 18.3 Å². The van der Waals surface area contributed by atoms with Gasteiger partial charge in [0.2, 0.25) is 0 Å². The summed E-state index contributed by atoms with van der Waals surface area (Å²) in [5.74, 6) is 0. The van der Waals surface area contributed by atoms with Crippen LogP contribution in [0.25, 0.3) is 0 Å². The topological polar surface area (TPSA) is 30.5 Å². The third kappa shape index (κ3) is 2.02. The molecule has 102 valence electrons. The van der Waals surface area contributed by atoms with Crippen molar-refractivity contribution in [2.75, 3.05) is 0 Å². The van der Waals surface area contributed by atoms with Gasteiger partial charge in [-0.25, -0.2) is 0 Å². The molecule has 3 rings (SSSR count). The molecule has 0 amide bonds.